The minimum Gasteiger partial charge on any atom is -0.326 e. The van der Waals surface area contributed by atoms with Gasteiger partial charge < -0.3 is 10.6 Å². The van der Waals surface area contributed by atoms with E-state index in [9.17, 15) is 22.8 Å². The number of sulfonamides is 1. The molecule has 1 aliphatic rings. The van der Waals surface area contributed by atoms with Gasteiger partial charge in [-0.15, -0.1) is 0 Å². The van der Waals surface area contributed by atoms with Crippen LogP contribution in [0.2, 0.25) is 0 Å². The van der Waals surface area contributed by atoms with Crippen LogP contribution in [0.1, 0.15) is 35.7 Å². The first-order valence-electron chi connectivity index (χ1n) is 8.62. The Morgan fingerprint density at radius 3 is 2.43 bits per heavy atom. The normalized spacial score (nSPS) is 13.7. The second kappa shape index (κ2) is 7.81. The zero-order valence-corrected chi connectivity index (χ0v) is 15.9. The minimum absolute atomic E-state index is 0.0822. The van der Waals surface area contributed by atoms with Gasteiger partial charge in [-0.3, -0.25) is 14.4 Å². The van der Waals surface area contributed by atoms with Gasteiger partial charge in [0, 0.05) is 30.3 Å². The Hall–Kier alpha value is -3.20. The molecule has 3 rings (SSSR count). The van der Waals surface area contributed by atoms with Crippen molar-refractivity contribution >= 4 is 39.1 Å². The highest BCUT2D eigenvalue weighted by molar-refractivity contribution is 7.90. The molecule has 146 valence electrons. The molecule has 9 heteroatoms. The standard InChI is InChI=1S/C19H19N3O5S/c1-12(23)20-15-6-8-16(9-7-15)28(26,27)22-19(25)14-5-10-17-13(11-14)3-2-4-18(24)21-17/h5-11H,2-4H2,1H3,(H,20,23)(H,21,24)(H,22,25). The summed E-state index contributed by atoms with van der Waals surface area (Å²) >= 11 is 0. The monoisotopic (exact) mass is 401 g/mol. The summed E-state index contributed by atoms with van der Waals surface area (Å²) in [6, 6.07) is 10.1. The first kappa shape index (κ1) is 19.6. The molecule has 1 heterocycles. The van der Waals surface area contributed by atoms with E-state index in [2.05, 4.69) is 10.6 Å². The zero-order chi connectivity index (χ0) is 20.3. The summed E-state index contributed by atoms with van der Waals surface area (Å²) in [4.78, 5) is 35.0. The fourth-order valence-electron chi connectivity index (χ4n) is 2.88. The number of amides is 3. The highest BCUT2D eigenvalue weighted by atomic mass is 32.2. The third-order valence-corrected chi connectivity index (χ3v) is 5.55. The fourth-order valence-corrected chi connectivity index (χ4v) is 3.85. The van der Waals surface area contributed by atoms with E-state index in [0.29, 0.717) is 30.6 Å². The maximum Gasteiger partial charge on any atom is 0.265 e. The van der Waals surface area contributed by atoms with Crippen LogP contribution in [-0.2, 0) is 26.0 Å². The molecule has 0 aliphatic carbocycles. The second-order valence-corrected chi connectivity index (χ2v) is 8.10. The summed E-state index contributed by atoms with van der Waals surface area (Å²) in [6.45, 7) is 1.34. The molecule has 2 aromatic carbocycles. The lowest BCUT2D eigenvalue weighted by Crippen LogP contribution is -2.30. The Bertz CT molecular complexity index is 1050. The summed E-state index contributed by atoms with van der Waals surface area (Å²) in [6.07, 6.45) is 1.68. The van der Waals surface area contributed by atoms with E-state index in [1.54, 1.807) is 12.1 Å². The summed E-state index contributed by atoms with van der Waals surface area (Å²) in [5.74, 6) is -1.12. The molecule has 0 atom stereocenters. The molecule has 1 aliphatic heterocycles. The van der Waals surface area contributed by atoms with E-state index >= 15 is 0 Å². The van der Waals surface area contributed by atoms with E-state index < -0.39 is 15.9 Å². The quantitative estimate of drug-likeness (QED) is 0.724. The van der Waals surface area contributed by atoms with Crippen LogP contribution in [0.3, 0.4) is 0 Å². The third kappa shape index (κ3) is 4.55. The average molecular weight is 401 g/mol. The number of carbonyl (C=O) groups excluding carboxylic acids is 3. The van der Waals surface area contributed by atoms with Crippen LogP contribution in [0.15, 0.2) is 47.4 Å². The number of anilines is 2. The van der Waals surface area contributed by atoms with Gasteiger partial charge in [0.15, 0.2) is 0 Å². The Balaban J connectivity index is 1.77. The molecule has 0 fully saturated rings. The second-order valence-electron chi connectivity index (χ2n) is 6.41. The van der Waals surface area contributed by atoms with Gasteiger partial charge in [0.2, 0.25) is 11.8 Å². The molecule has 28 heavy (non-hydrogen) atoms. The zero-order valence-electron chi connectivity index (χ0n) is 15.1. The lowest BCUT2D eigenvalue weighted by atomic mass is 10.0. The van der Waals surface area contributed by atoms with Crippen LogP contribution in [0.5, 0.6) is 0 Å². The SMILES string of the molecule is CC(=O)Nc1ccc(S(=O)(=O)NC(=O)c2ccc3c(c2)CCCC(=O)N3)cc1. The fraction of sp³-hybridized carbons (Fsp3) is 0.211. The number of hydrogen-bond acceptors (Lipinski definition) is 5. The van der Waals surface area contributed by atoms with Crippen molar-refractivity contribution in [1.29, 1.82) is 0 Å². The van der Waals surface area contributed by atoms with Crippen molar-refractivity contribution in [3.63, 3.8) is 0 Å². The first-order valence-corrected chi connectivity index (χ1v) is 10.1. The molecule has 0 bridgehead atoms. The lowest BCUT2D eigenvalue weighted by molar-refractivity contribution is -0.116. The predicted molar refractivity (Wildman–Crippen MR) is 103 cm³/mol. The Morgan fingerprint density at radius 2 is 1.75 bits per heavy atom. The summed E-state index contributed by atoms with van der Waals surface area (Å²) in [7, 11) is -4.07. The Labute approximate surface area is 162 Å². The van der Waals surface area contributed by atoms with Gasteiger partial charge in [-0.2, -0.15) is 0 Å². The van der Waals surface area contributed by atoms with E-state index in [1.807, 2.05) is 4.72 Å². The van der Waals surface area contributed by atoms with Crippen LogP contribution in [0.4, 0.5) is 11.4 Å². The predicted octanol–water partition coefficient (Wildman–Crippen LogP) is 2.04. The van der Waals surface area contributed by atoms with Gasteiger partial charge in [-0.05, 0) is 60.9 Å². The first-order chi connectivity index (χ1) is 13.2. The molecule has 3 N–H and O–H groups in total. The number of nitrogens with one attached hydrogen (secondary N) is 3. The highest BCUT2D eigenvalue weighted by Gasteiger charge is 2.20. The molecule has 2 aromatic rings. The van der Waals surface area contributed by atoms with Gasteiger partial charge in [-0.25, -0.2) is 13.1 Å². The molecular weight excluding hydrogens is 382 g/mol. The Morgan fingerprint density at radius 1 is 1.04 bits per heavy atom. The van der Waals surface area contributed by atoms with Crippen LogP contribution in [0, 0.1) is 0 Å². The number of rotatable bonds is 4. The molecule has 3 amide bonds. The Kier molecular flexibility index (Phi) is 5.46. The van der Waals surface area contributed by atoms with Gasteiger partial charge in [0.25, 0.3) is 15.9 Å². The van der Waals surface area contributed by atoms with Gasteiger partial charge in [-0.1, -0.05) is 0 Å². The molecule has 0 aromatic heterocycles. The van der Waals surface area contributed by atoms with Gasteiger partial charge in [0.1, 0.15) is 0 Å². The van der Waals surface area contributed by atoms with Crippen molar-refractivity contribution in [3.8, 4) is 0 Å². The topological polar surface area (TPSA) is 121 Å². The van der Waals surface area contributed by atoms with Crippen molar-refractivity contribution in [2.45, 2.75) is 31.1 Å². The number of fused-ring (bicyclic) bond motifs is 1. The van der Waals surface area contributed by atoms with Crippen LogP contribution in [0.25, 0.3) is 0 Å². The smallest absolute Gasteiger partial charge is 0.265 e. The largest absolute Gasteiger partial charge is 0.326 e. The van der Waals surface area contributed by atoms with Gasteiger partial charge >= 0.3 is 0 Å². The van der Waals surface area contributed by atoms with Crippen molar-refractivity contribution in [2.24, 2.45) is 0 Å². The minimum atomic E-state index is -4.07. The summed E-state index contributed by atoms with van der Waals surface area (Å²) in [5.41, 5.74) is 2.06. The van der Waals surface area contributed by atoms with E-state index in [0.717, 1.165) is 5.56 Å². The van der Waals surface area contributed by atoms with Crippen LogP contribution in [-0.4, -0.2) is 26.1 Å². The van der Waals surface area contributed by atoms with Crippen molar-refractivity contribution in [1.82, 2.24) is 4.72 Å². The van der Waals surface area contributed by atoms with E-state index in [4.69, 9.17) is 0 Å². The number of hydrogen-bond donors (Lipinski definition) is 3. The summed E-state index contributed by atoms with van der Waals surface area (Å²) < 4.78 is 27.0. The average Bonchev–Trinajstić information content (AvgIpc) is 2.81. The third-order valence-electron chi connectivity index (χ3n) is 4.20. The molecule has 0 unspecified atom stereocenters. The number of carbonyl (C=O) groups is 3. The molecule has 0 saturated carbocycles. The number of benzene rings is 2. The van der Waals surface area contributed by atoms with E-state index in [-0.39, 0.29) is 22.3 Å². The highest BCUT2D eigenvalue weighted by Crippen LogP contribution is 2.23. The molecule has 0 spiro atoms. The van der Waals surface area contributed by atoms with E-state index in [1.165, 1.54) is 37.3 Å². The van der Waals surface area contributed by atoms with Crippen LogP contribution >= 0.6 is 0 Å². The molecule has 0 radical (unpaired) electrons. The lowest BCUT2D eigenvalue weighted by Gasteiger charge is -2.11. The maximum absolute atomic E-state index is 12.5. The van der Waals surface area contributed by atoms with Gasteiger partial charge in [0.05, 0.1) is 4.90 Å². The van der Waals surface area contributed by atoms with Crippen LogP contribution < -0.4 is 15.4 Å². The van der Waals surface area contributed by atoms with Crippen molar-refractivity contribution < 1.29 is 22.8 Å². The molecule has 8 nitrogen and oxygen atoms in total. The molecule has 0 saturated heterocycles. The molecular formula is C19H19N3O5S. The summed E-state index contributed by atoms with van der Waals surface area (Å²) in [5, 5.41) is 5.30. The van der Waals surface area contributed by atoms with Crippen molar-refractivity contribution in [2.75, 3.05) is 10.6 Å². The van der Waals surface area contributed by atoms with Crippen molar-refractivity contribution in [3.05, 3.63) is 53.6 Å². The number of aryl methyl sites for hydroxylation is 1. The maximum atomic E-state index is 12.5.